The van der Waals surface area contributed by atoms with Crippen LogP contribution in [0, 0.1) is 46.6 Å². The first kappa shape index (κ1) is 40.2. The fourth-order valence-electron chi connectivity index (χ4n) is 8.14. The van der Waals surface area contributed by atoms with Gasteiger partial charge in [0.2, 0.25) is 15.9 Å². The number of anilines is 1. The molecule has 3 N–H and O–H groups in total. The van der Waals surface area contributed by atoms with E-state index >= 15 is 8.78 Å². The third-order valence-electron chi connectivity index (χ3n) is 10.7. The predicted octanol–water partition coefficient (Wildman–Crippen LogP) is 6.40. The molecule has 3 aliphatic carbocycles. The van der Waals surface area contributed by atoms with E-state index in [0.29, 0.717) is 16.3 Å². The SMILES string of the molecule is Cn1nc(NS(C)(=O)=O)c2c(Cl)ccc(-c3ccc(C#CC4(O)CC(C#N)C4)nc3[C@H](Cc3cc(F)cc(F)c3)NC(=O)Cn3nc(C(F)F)c4c3C(F)(F)[C@@H]3C[C@H]43)c21. The maximum absolute atomic E-state index is 15.4. The zero-order valence-corrected chi connectivity index (χ0v) is 32.4. The number of pyridine rings is 1. The topological polar surface area (TPSA) is 168 Å². The van der Waals surface area contributed by atoms with Gasteiger partial charge in [0.15, 0.2) is 5.82 Å². The van der Waals surface area contributed by atoms with E-state index in [1.165, 1.54) is 23.9 Å². The van der Waals surface area contributed by atoms with Crippen molar-refractivity contribution in [3.63, 3.8) is 0 Å². The van der Waals surface area contributed by atoms with Crippen molar-refractivity contribution in [2.75, 3.05) is 11.0 Å². The summed E-state index contributed by atoms with van der Waals surface area (Å²) in [7, 11) is -2.33. The van der Waals surface area contributed by atoms with Gasteiger partial charge in [-0.1, -0.05) is 23.6 Å². The Kier molecular flexibility index (Phi) is 9.72. The highest BCUT2D eigenvalue weighted by atomic mass is 35.5. The second kappa shape index (κ2) is 14.3. The minimum absolute atomic E-state index is 0.00157. The number of aliphatic hydroxyl groups is 1. The summed E-state index contributed by atoms with van der Waals surface area (Å²) in [6.45, 7) is -0.937. The van der Waals surface area contributed by atoms with Crippen LogP contribution in [0.1, 0.15) is 71.6 Å². The molecule has 3 atom stereocenters. The molecular weight excluding hydrogens is 826 g/mol. The van der Waals surface area contributed by atoms with Crippen LogP contribution in [-0.4, -0.2) is 55.8 Å². The standard InChI is InChI=1S/C39H31ClF6N8O4S/c1-53-34-24(5-6-27(40)31(34)37(51-53)52-59(2,57)58)23-4-3-22(7-8-38(56)14-19(15-38)16-47)48-32(23)28(11-18-9-20(41)12-21(42)10-18)49-29(55)17-54-35-30(33(50-54)36(43)44)25-13-26(25)39(35,45)46/h3-6,9-10,12,19,25-26,28,36,56H,11,13-15,17H2,1-2H3,(H,49,55)(H,51,52)/t19?,25-,26+,28-,38?/m0/s1. The minimum Gasteiger partial charge on any atom is -0.378 e. The summed E-state index contributed by atoms with van der Waals surface area (Å²) in [5.41, 5.74) is -2.44. The van der Waals surface area contributed by atoms with Gasteiger partial charge in [0.05, 0.1) is 45.9 Å². The molecule has 12 nitrogen and oxygen atoms in total. The molecule has 1 amide bonds. The highest BCUT2D eigenvalue weighted by Gasteiger charge is 2.67. The normalized spacial score (nSPS) is 21.8. The van der Waals surface area contributed by atoms with Crippen LogP contribution in [0.15, 0.2) is 42.5 Å². The molecule has 2 saturated carbocycles. The Balaban J connectivity index is 1.27. The molecule has 0 radical (unpaired) electrons. The molecule has 0 unspecified atom stereocenters. The van der Waals surface area contributed by atoms with Crippen LogP contribution in [0.3, 0.4) is 0 Å². The van der Waals surface area contributed by atoms with Crippen molar-refractivity contribution < 1.29 is 44.7 Å². The molecule has 0 spiro atoms. The van der Waals surface area contributed by atoms with E-state index < -0.39 is 87.2 Å². The minimum atomic E-state index is -3.85. The first-order valence-electron chi connectivity index (χ1n) is 18.1. The Morgan fingerprint density at radius 1 is 1.08 bits per heavy atom. The van der Waals surface area contributed by atoms with Crippen LogP contribution in [-0.2, 0) is 40.8 Å². The van der Waals surface area contributed by atoms with Gasteiger partial charge in [-0.15, -0.1) is 0 Å². The van der Waals surface area contributed by atoms with E-state index in [4.69, 9.17) is 16.6 Å². The Morgan fingerprint density at radius 3 is 2.44 bits per heavy atom. The van der Waals surface area contributed by atoms with Gasteiger partial charge in [-0.05, 0) is 60.6 Å². The highest BCUT2D eigenvalue weighted by Crippen LogP contribution is 2.68. The van der Waals surface area contributed by atoms with Gasteiger partial charge in [-0.2, -0.15) is 24.2 Å². The summed E-state index contributed by atoms with van der Waals surface area (Å²) in [6, 6.07) is 9.42. The summed E-state index contributed by atoms with van der Waals surface area (Å²) in [5, 5.41) is 31.1. The Bertz CT molecular complexity index is 2790. The number of nitrogens with one attached hydrogen (secondary N) is 2. The molecule has 8 rings (SSSR count). The maximum Gasteiger partial charge on any atom is 0.293 e. The number of aromatic nitrogens is 5. The van der Waals surface area contributed by atoms with Gasteiger partial charge >= 0.3 is 0 Å². The van der Waals surface area contributed by atoms with Crippen molar-refractivity contribution in [3.05, 3.63) is 93.0 Å². The number of benzene rings is 2. The monoisotopic (exact) mass is 856 g/mol. The van der Waals surface area contributed by atoms with Crippen LogP contribution < -0.4 is 10.0 Å². The van der Waals surface area contributed by atoms with Crippen LogP contribution in [0.4, 0.5) is 32.2 Å². The van der Waals surface area contributed by atoms with E-state index in [1.807, 2.05) is 0 Å². The van der Waals surface area contributed by atoms with Crippen molar-refractivity contribution in [1.29, 1.82) is 5.26 Å². The maximum atomic E-state index is 15.4. The average molecular weight is 857 g/mol. The summed E-state index contributed by atoms with van der Waals surface area (Å²) < 4.78 is 117. The molecule has 2 fully saturated rings. The van der Waals surface area contributed by atoms with Crippen molar-refractivity contribution in [1.82, 2.24) is 29.9 Å². The molecule has 3 heterocycles. The quantitative estimate of drug-likeness (QED) is 0.107. The number of rotatable bonds is 10. The number of hydrogen-bond donors (Lipinski definition) is 3. The summed E-state index contributed by atoms with van der Waals surface area (Å²) in [4.78, 5) is 18.7. The van der Waals surface area contributed by atoms with Gasteiger partial charge in [0.25, 0.3) is 12.3 Å². The Hall–Kier alpha value is -5.63. The second-order valence-electron chi connectivity index (χ2n) is 15.1. The third kappa shape index (κ3) is 7.47. The molecule has 2 aromatic carbocycles. The number of sulfonamides is 1. The first-order chi connectivity index (χ1) is 27.7. The molecule has 5 aromatic rings. The zero-order chi connectivity index (χ0) is 42.3. The number of amides is 1. The van der Waals surface area contributed by atoms with Gasteiger partial charge in [-0.25, -0.2) is 31.0 Å². The number of fused-ring (bicyclic) bond motifs is 4. The molecule has 3 aliphatic rings. The van der Waals surface area contributed by atoms with Crippen LogP contribution >= 0.6 is 11.6 Å². The second-order valence-corrected chi connectivity index (χ2v) is 17.2. The first-order valence-corrected chi connectivity index (χ1v) is 20.3. The number of halogens is 7. The molecular formula is C39H31ClF6N8O4S. The number of alkyl halides is 4. The highest BCUT2D eigenvalue weighted by molar-refractivity contribution is 7.92. The summed E-state index contributed by atoms with van der Waals surface area (Å²) >= 11 is 6.59. The van der Waals surface area contributed by atoms with Crippen molar-refractivity contribution in [2.45, 2.75) is 62.1 Å². The van der Waals surface area contributed by atoms with Crippen molar-refractivity contribution in [3.8, 4) is 29.0 Å². The molecule has 0 bridgehead atoms. The molecule has 306 valence electrons. The van der Waals surface area contributed by atoms with Crippen LogP contribution in [0.25, 0.3) is 22.0 Å². The van der Waals surface area contributed by atoms with E-state index in [2.05, 4.69) is 38.1 Å². The Morgan fingerprint density at radius 2 is 1.78 bits per heavy atom. The van der Waals surface area contributed by atoms with Crippen molar-refractivity contribution in [2.24, 2.45) is 18.9 Å². The van der Waals surface area contributed by atoms with E-state index in [9.17, 15) is 41.1 Å². The largest absolute Gasteiger partial charge is 0.378 e. The van der Waals surface area contributed by atoms with E-state index in [0.717, 1.165) is 18.4 Å². The molecule has 0 aliphatic heterocycles. The fourth-order valence-corrected chi connectivity index (χ4v) is 8.88. The summed E-state index contributed by atoms with van der Waals surface area (Å²) in [6.07, 6.45) is -2.45. The smallest absolute Gasteiger partial charge is 0.293 e. The lowest BCUT2D eigenvalue weighted by molar-refractivity contribution is -0.123. The number of carbonyl (C=O) groups excluding carboxylic acids is 1. The lowest BCUT2D eigenvalue weighted by Gasteiger charge is -2.35. The van der Waals surface area contributed by atoms with Crippen molar-refractivity contribution >= 4 is 44.3 Å². The molecule has 59 heavy (non-hydrogen) atoms. The number of nitrogens with zero attached hydrogens (tertiary/aromatic N) is 6. The van der Waals surface area contributed by atoms with Gasteiger partial charge in [0.1, 0.15) is 40.9 Å². The van der Waals surface area contributed by atoms with Crippen LogP contribution in [0.5, 0.6) is 0 Å². The van der Waals surface area contributed by atoms with Crippen LogP contribution in [0.2, 0.25) is 5.02 Å². The predicted molar refractivity (Wildman–Crippen MR) is 200 cm³/mol. The third-order valence-corrected chi connectivity index (χ3v) is 11.6. The Labute approximate surface area is 337 Å². The average Bonchev–Trinajstić information content (AvgIpc) is 3.67. The zero-order valence-electron chi connectivity index (χ0n) is 30.9. The van der Waals surface area contributed by atoms with E-state index in [1.54, 1.807) is 12.1 Å². The van der Waals surface area contributed by atoms with Gasteiger partial charge in [-0.3, -0.25) is 18.9 Å². The number of nitriles is 1. The lowest BCUT2D eigenvalue weighted by atomic mass is 9.72. The molecule has 0 saturated heterocycles. The molecule has 20 heteroatoms. The number of hydrogen-bond acceptors (Lipinski definition) is 8. The number of carbonyl (C=O) groups is 1. The van der Waals surface area contributed by atoms with Gasteiger partial charge < -0.3 is 10.4 Å². The lowest BCUT2D eigenvalue weighted by Crippen LogP contribution is -2.41. The molecule has 3 aromatic heterocycles. The summed E-state index contributed by atoms with van der Waals surface area (Å²) in [5.74, 6) is -3.41. The van der Waals surface area contributed by atoms with E-state index in [-0.39, 0.29) is 75.5 Å². The van der Waals surface area contributed by atoms with Gasteiger partial charge in [0, 0.05) is 48.6 Å². The number of aryl methyl sites for hydroxylation is 1. The fraction of sp³-hybridized carbons (Fsp3) is 0.359.